The number of halogens is 2. The highest BCUT2D eigenvalue weighted by atomic mass is 32.2. The Morgan fingerprint density at radius 1 is 1.06 bits per heavy atom. The fourth-order valence-corrected chi connectivity index (χ4v) is 3.85. The number of carbonyl (C=O) groups is 1. The number of aromatic nitrogens is 2. The molecule has 3 aromatic carbocycles. The maximum Gasteiger partial charge on any atom is 0.266 e. The summed E-state index contributed by atoms with van der Waals surface area (Å²) in [6, 6.07) is 16.9. The Morgan fingerprint density at radius 3 is 2.55 bits per heavy atom. The zero-order valence-corrected chi connectivity index (χ0v) is 17.2. The van der Waals surface area contributed by atoms with Crippen LogP contribution in [0.25, 0.3) is 16.6 Å². The number of amides is 1. The van der Waals surface area contributed by atoms with Gasteiger partial charge in [0.05, 0.1) is 22.3 Å². The second-order valence-electron chi connectivity index (χ2n) is 6.85. The molecule has 0 fully saturated rings. The van der Waals surface area contributed by atoms with E-state index in [1.165, 1.54) is 6.07 Å². The minimum Gasteiger partial charge on any atom is -0.325 e. The van der Waals surface area contributed by atoms with Gasteiger partial charge in [-0.2, -0.15) is 0 Å². The normalized spacial score (nSPS) is 10.9. The lowest BCUT2D eigenvalue weighted by atomic mass is 10.2. The first-order valence-corrected chi connectivity index (χ1v) is 10.4. The molecule has 1 N–H and O–H groups in total. The van der Waals surface area contributed by atoms with Crippen LogP contribution in [-0.4, -0.2) is 21.2 Å². The highest BCUT2D eigenvalue weighted by Crippen LogP contribution is 2.23. The standard InChI is InChI=1S/C23H17F2N3O2S/c1-14-6-9-16(10-7-14)26-21(29)13-31-23-27-19-5-3-2-4-17(19)22(30)28(23)20-11-8-15(24)12-18(20)25/h2-12H,13H2,1H3,(H,26,29). The van der Waals surface area contributed by atoms with Crippen LogP contribution in [0.5, 0.6) is 0 Å². The van der Waals surface area contributed by atoms with Crippen LogP contribution in [0.3, 0.4) is 0 Å². The first kappa shape index (κ1) is 20.7. The highest BCUT2D eigenvalue weighted by molar-refractivity contribution is 7.99. The van der Waals surface area contributed by atoms with Crippen molar-refractivity contribution < 1.29 is 13.6 Å². The van der Waals surface area contributed by atoms with Crippen LogP contribution in [-0.2, 0) is 4.79 Å². The summed E-state index contributed by atoms with van der Waals surface area (Å²) in [5, 5.41) is 3.19. The van der Waals surface area contributed by atoms with Gasteiger partial charge in [-0.1, -0.05) is 41.6 Å². The second kappa shape index (κ2) is 8.69. The maximum atomic E-state index is 14.5. The number of para-hydroxylation sites is 1. The van der Waals surface area contributed by atoms with Crippen molar-refractivity contribution in [3.05, 3.63) is 94.3 Å². The van der Waals surface area contributed by atoms with Gasteiger partial charge in [0.2, 0.25) is 5.91 Å². The third-order valence-corrected chi connectivity index (χ3v) is 5.50. The lowest BCUT2D eigenvalue weighted by molar-refractivity contribution is -0.113. The summed E-state index contributed by atoms with van der Waals surface area (Å²) in [6.07, 6.45) is 0. The van der Waals surface area contributed by atoms with E-state index in [-0.39, 0.29) is 22.5 Å². The van der Waals surface area contributed by atoms with Gasteiger partial charge in [-0.15, -0.1) is 0 Å². The monoisotopic (exact) mass is 437 g/mol. The van der Waals surface area contributed by atoms with Gasteiger partial charge < -0.3 is 5.32 Å². The molecule has 1 aromatic heterocycles. The van der Waals surface area contributed by atoms with Gasteiger partial charge in [0.25, 0.3) is 5.56 Å². The van der Waals surface area contributed by atoms with Crippen molar-refractivity contribution in [2.75, 3.05) is 11.1 Å². The molecule has 0 aliphatic heterocycles. The highest BCUT2D eigenvalue weighted by Gasteiger charge is 2.17. The van der Waals surface area contributed by atoms with Crippen molar-refractivity contribution in [2.24, 2.45) is 0 Å². The number of aryl methyl sites for hydroxylation is 1. The Morgan fingerprint density at radius 2 is 1.81 bits per heavy atom. The second-order valence-corrected chi connectivity index (χ2v) is 7.79. The molecule has 0 atom stereocenters. The van der Waals surface area contributed by atoms with E-state index in [2.05, 4.69) is 10.3 Å². The van der Waals surface area contributed by atoms with E-state index in [1.807, 2.05) is 19.1 Å². The van der Waals surface area contributed by atoms with E-state index < -0.39 is 17.2 Å². The fraction of sp³-hybridized carbons (Fsp3) is 0.0870. The molecule has 1 amide bonds. The van der Waals surface area contributed by atoms with Gasteiger partial charge in [0, 0.05) is 11.8 Å². The molecule has 4 aromatic rings. The van der Waals surface area contributed by atoms with Crippen LogP contribution < -0.4 is 10.9 Å². The Kier molecular flexibility index (Phi) is 5.81. The lowest BCUT2D eigenvalue weighted by Gasteiger charge is -2.14. The van der Waals surface area contributed by atoms with Crippen molar-refractivity contribution in [3.63, 3.8) is 0 Å². The third kappa shape index (κ3) is 4.49. The van der Waals surface area contributed by atoms with Crippen molar-refractivity contribution in [1.29, 1.82) is 0 Å². The number of anilines is 1. The van der Waals surface area contributed by atoms with E-state index in [4.69, 9.17) is 0 Å². The lowest BCUT2D eigenvalue weighted by Crippen LogP contribution is -2.23. The topological polar surface area (TPSA) is 64.0 Å². The van der Waals surface area contributed by atoms with Crippen molar-refractivity contribution in [2.45, 2.75) is 12.1 Å². The largest absolute Gasteiger partial charge is 0.325 e. The number of nitrogens with one attached hydrogen (secondary N) is 1. The molecule has 8 heteroatoms. The summed E-state index contributed by atoms with van der Waals surface area (Å²) in [5.74, 6) is -2.01. The molecule has 0 saturated carbocycles. The van der Waals surface area contributed by atoms with Gasteiger partial charge in [0.15, 0.2) is 5.16 Å². The van der Waals surface area contributed by atoms with Crippen LogP contribution in [0.1, 0.15) is 5.56 Å². The summed E-state index contributed by atoms with van der Waals surface area (Å²) in [5.41, 5.74) is 1.50. The van der Waals surface area contributed by atoms with Gasteiger partial charge in [-0.05, 0) is 43.3 Å². The Balaban J connectivity index is 1.69. The van der Waals surface area contributed by atoms with E-state index in [0.29, 0.717) is 22.7 Å². The molecular formula is C23H17F2N3O2S. The number of thioether (sulfide) groups is 1. The smallest absolute Gasteiger partial charge is 0.266 e. The molecule has 156 valence electrons. The molecule has 0 unspecified atom stereocenters. The summed E-state index contributed by atoms with van der Waals surface area (Å²) in [6.45, 7) is 1.95. The molecule has 5 nitrogen and oxygen atoms in total. The zero-order chi connectivity index (χ0) is 22.0. The van der Waals surface area contributed by atoms with Crippen LogP contribution in [0.2, 0.25) is 0 Å². The van der Waals surface area contributed by atoms with E-state index in [1.54, 1.807) is 36.4 Å². The molecule has 0 saturated heterocycles. The van der Waals surface area contributed by atoms with E-state index in [9.17, 15) is 18.4 Å². The maximum absolute atomic E-state index is 14.5. The van der Waals surface area contributed by atoms with Crippen molar-refractivity contribution in [3.8, 4) is 5.69 Å². The molecule has 0 aliphatic rings. The summed E-state index contributed by atoms with van der Waals surface area (Å²) < 4.78 is 29.0. The molecule has 0 aliphatic carbocycles. The Bertz CT molecular complexity index is 1340. The quantitative estimate of drug-likeness (QED) is 0.363. The van der Waals surface area contributed by atoms with Crippen LogP contribution >= 0.6 is 11.8 Å². The fourth-order valence-electron chi connectivity index (χ4n) is 3.05. The summed E-state index contributed by atoms with van der Waals surface area (Å²) in [4.78, 5) is 30.0. The molecule has 1 heterocycles. The SMILES string of the molecule is Cc1ccc(NC(=O)CSc2nc3ccccc3c(=O)n2-c2ccc(F)cc2F)cc1. The predicted molar refractivity (Wildman–Crippen MR) is 118 cm³/mol. The number of nitrogens with zero attached hydrogens (tertiary/aromatic N) is 2. The molecular weight excluding hydrogens is 420 g/mol. The van der Waals surface area contributed by atoms with Crippen LogP contribution in [0.15, 0.2) is 76.7 Å². The van der Waals surface area contributed by atoms with E-state index in [0.717, 1.165) is 28.0 Å². The first-order chi connectivity index (χ1) is 14.9. The van der Waals surface area contributed by atoms with Crippen LogP contribution in [0, 0.1) is 18.6 Å². The number of fused-ring (bicyclic) bond motifs is 1. The first-order valence-electron chi connectivity index (χ1n) is 9.39. The average Bonchev–Trinajstić information content (AvgIpc) is 2.75. The van der Waals surface area contributed by atoms with Gasteiger partial charge >= 0.3 is 0 Å². The van der Waals surface area contributed by atoms with E-state index >= 15 is 0 Å². The summed E-state index contributed by atoms with van der Waals surface area (Å²) in [7, 11) is 0. The molecule has 4 rings (SSSR count). The number of rotatable bonds is 5. The van der Waals surface area contributed by atoms with Gasteiger partial charge in [-0.25, -0.2) is 13.8 Å². The van der Waals surface area contributed by atoms with Gasteiger partial charge in [0.1, 0.15) is 11.6 Å². The van der Waals surface area contributed by atoms with Crippen LogP contribution in [0.4, 0.5) is 14.5 Å². The van der Waals surface area contributed by atoms with Gasteiger partial charge in [-0.3, -0.25) is 14.2 Å². The number of benzene rings is 3. The zero-order valence-electron chi connectivity index (χ0n) is 16.4. The number of hydrogen-bond acceptors (Lipinski definition) is 4. The Hall–Kier alpha value is -3.52. The minimum atomic E-state index is -0.898. The predicted octanol–water partition coefficient (Wildman–Crippen LogP) is 4.70. The third-order valence-electron chi connectivity index (χ3n) is 4.56. The Labute approximate surface area is 180 Å². The molecule has 0 radical (unpaired) electrons. The molecule has 0 bridgehead atoms. The van der Waals surface area contributed by atoms with Crippen molar-refractivity contribution >= 4 is 34.3 Å². The average molecular weight is 437 g/mol. The minimum absolute atomic E-state index is 0.0541. The molecule has 0 spiro atoms. The number of carbonyl (C=O) groups excluding carboxylic acids is 1. The summed E-state index contributed by atoms with van der Waals surface area (Å²) >= 11 is 0.994. The van der Waals surface area contributed by atoms with Crippen molar-refractivity contribution in [1.82, 2.24) is 9.55 Å². The number of hydrogen-bond donors (Lipinski definition) is 1. The molecule has 31 heavy (non-hydrogen) atoms.